The quantitative estimate of drug-likeness (QED) is 0.558. The van der Waals surface area contributed by atoms with Gasteiger partial charge in [-0.2, -0.15) is 0 Å². The van der Waals surface area contributed by atoms with Crippen LogP contribution in [0.15, 0.2) is 48.5 Å². The number of carbonyl (C=O) groups is 3. The highest BCUT2D eigenvalue weighted by Gasteiger charge is 2.18. The molecular weight excluding hydrogens is 402 g/mol. The van der Waals surface area contributed by atoms with Crippen molar-refractivity contribution in [2.45, 2.75) is 20.3 Å². The maximum atomic E-state index is 12.6. The Morgan fingerprint density at radius 1 is 1.07 bits per heavy atom. The number of ether oxygens (including phenoxy) is 1. The summed E-state index contributed by atoms with van der Waals surface area (Å²) in [7, 11) is 0. The maximum absolute atomic E-state index is 12.6. The van der Waals surface area contributed by atoms with Crippen molar-refractivity contribution >= 4 is 39.5 Å². The predicted molar refractivity (Wildman–Crippen MR) is 116 cm³/mol. The summed E-state index contributed by atoms with van der Waals surface area (Å²) in [5.74, 6) is -0.902. The first-order chi connectivity index (χ1) is 14.4. The van der Waals surface area contributed by atoms with Gasteiger partial charge in [-0.25, -0.2) is 14.6 Å². The molecule has 0 saturated heterocycles. The number of hydrogen-bond donors (Lipinski definition) is 2. The van der Waals surface area contributed by atoms with E-state index in [4.69, 9.17) is 4.74 Å². The fraction of sp³-hybridized carbons (Fsp3) is 0.273. The summed E-state index contributed by atoms with van der Waals surface area (Å²) in [5.41, 5.74) is 1.80. The smallest absolute Gasteiger partial charge is 0.339 e. The van der Waals surface area contributed by atoms with Crippen LogP contribution in [0, 0.1) is 5.92 Å². The summed E-state index contributed by atoms with van der Waals surface area (Å²) >= 11 is 1.47. The number of fused-ring (bicyclic) bond motifs is 1. The van der Waals surface area contributed by atoms with Crippen LogP contribution < -0.4 is 10.6 Å². The van der Waals surface area contributed by atoms with Crippen LogP contribution in [-0.4, -0.2) is 36.0 Å². The molecule has 0 fully saturated rings. The van der Waals surface area contributed by atoms with Gasteiger partial charge < -0.3 is 10.1 Å². The van der Waals surface area contributed by atoms with Gasteiger partial charge in [0.15, 0.2) is 6.61 Å². The third-order valence-electron chi connectivity index (χ3n) is 4.27. The highest BCUT2D eigenvalue weighted by molar-refractivity contribution is 7.21. The van der Waals surface area contributed by atoms with Gasteiger partial charge in [-0.1, -0.05) is 44.2 Å². The largest absolute Gasteiger partial charge is 0.452 e. The molecule has 1 heterocycles. The number of nitrogens with zero attached hydrogens (tertiary/aromatic N) is 1. The first kappa shape index (κ1) is 21.4. The summed E-state index contributed by atoms with van der Waals surface area (Å²) < 4.78 is 6.13. The van der Waals surface area contributed by atoms with Crippen molar-refractivity contribution in [2.75, 3.05) is 13.2 Å². The molecule has 3 aromatic rings. The van der Waals surface area contributed by atoms with E-state index in [0.29, 0.717) is 28.6 Å². The molecule has 0 aliphatic rings. The molecule has 156 valence electrons. The van der Waals surface area contributed by atoms with Gasteiger partial charge in [0, 0.05) is 12.1 Å². The number of hydrogen-bond acceptors (Lipinski definition) is 6. The van der Waals surface area contributed by atoms with Gasteiger partial charge in [-0.3, -0.25) is 10.1 Å². The van der Waals surface area contributed by atoms with Crippen molar-refractivity contribution in [1.29, 1.82) is 0 Å². The summed E-state index contributed by atoms with van der Waals surface area (Å²) in [6, 6.07) is 14.1. The highest BCUT2D eigenvalue weighted by Crippen LogP contribution is 2.32. The number of thiazole rings is 1. The Labute approximate surface area is 178 Å². The topological polar surface area (TPSA) is 97.4 Å². The molecule has 0 unspecified atom stereocenters. The number of amides is 3. The van der Waals surface area contributed by atoms with Crippen molar-refractivity contribution in [1.82, 2.24) is 15.6 Å². The first-order valence-corrected chi connectivity index (χ1v) is 10.5. The van der Waals surface area contributed by atoms with Crippen molar-refractivity contribution in [3.05, 3.63) is 54.1 Å². The normalized spacial score (nSPS) is 10.8. The van der Waals surface area contributed by atoms with Gasteiger partial charge in [0.25, 0.3) is 5.91 Å². The van der Waals surface area contributed by atoms with Crippen LogP contribution in [0.5, 0.6) is 0 Å². The van der Waals surface area contributed by atoms with Crippen LogP contribution in [0.1, 0.15) is 30.6 Å². The Bertz CT molecular complexity index is 1030. The van der Waals surface area contributed by atoms with E-state index in [9.17, 15) is 14.4 Å². The number of nitrogens with one attached hydrogen (secondary N) is 2. The second kappa shape index (κ2) is 9.98. The minimum absolute atomic E-state index is 0.311. The Kier molecular flexibility index (Phi) is 7.13. The molecule has 0 spiro atoms. The van der Waals surface area contributed by atoms with Gasteiger partial charge in [-0.15, -0.1) is 11.3 Å². The van der Waals surface area contributed by atoms with E-state index in [2.05, 4.69) is 15.6 Å². The van der Waals surface area contributed by atoms with E-state index in [0.717, 1.165) is 16.6 Å². The number of esters is 1. The van der Waals surface area contributed by atoms with E-state index >= 15 is 0 Å². The molecule has 7 nitrogen and oxygen atoms in total. The second-order valence-electron chi connectivity index (χ2n) is 7.10. The third-order valence-corrected chi connectivity index (χ3v) is 5.34. The molecule has 0 aliphatic heterocycles. The Hall–Kier alpha value is -3.26. The molecule has 0 atom stereocenters. The molecule has 8 heteroatoms. The average molecular weight is 426 g/mol. The number of carbonyl (C=O) groups excluding carboxylic acids is 3. The van der Waals surface area contributed by atoms with Crippen LogP contribution >= 0.6 is 11.3 Å². The van der Waals surface area contributed by atoms with Gasteiger partial charge >= 0.3 is 12.0 Å². The molecule has 30 heavy (non-hydrogen) atoms. The van der Waals surface area contributed by atoms with Crippen LogP contribution in [0.2, 0.25) is 0 Å². The lowest BCUT2D eigenvalue weighted by Gasteiger charge is -2.09. The second-order valence-corrected chi connectivity index (χ2v) is 8.13. The fourth-order valence-electron chi connectivity index (χ4n) is 2.73. The number of imide groups is 1. The zero-order valence-corrected chi connectivity index (χ0v) is 17.6. The Morgan fingerprint density at radius 2 is 1.80 bits per heavy atom. The van der Waals surface area contributed by atoms with Crippen molar-refractivity contribution in [2.24, 2.45) is 5.92 Å². The fourth-order valence-corrected chi connectivity index (χ4v) is 3.73. The van der Waals surface area contributed by atoms with Crippen LogP contribution in [0.3, 0.4) is 0 Å². The van der Waals surface area contributed by atoms with Crippen LogP contribution in [0.25, 0.3) is 20.8 Å². The van der Waals surface area contributed by atoms with E-state index in [1.54, 1.807) is 18.2 Å². The van der Waals surface area contributed by atoms with E-state index in [1.807, 2.05) is 44.2 Å². The lowest BCUT2D eigenvalue weighted by molar-refractivity contribution is -0.123. The van der Waals surface area contributed by atoms with Crippen molar-refractivity contribution in [3.8, 4) is 10.6 Å². The lowest BCUT2D eigenvalue weighted by atomic mass is 10.1. The van der Waals surface area contributed by atoms with E-state index in [1.165, 1.54) is 11.3 Å². The van der Waals surface area contributed by atoms with Gasteiger partial charge in [0.05, 0.1) is 15.8 Å². The number of para-hydroxylation sites is 1. The van der Waals surface area contributed by atoms with Gasteiger partial charge in [0.1, 0.15) is 5.01 Å². The minimum atomic E-state index is -0.692. The number of urea groups is 1. The molecule has 3 rings (SSSR count). The zero-order chi connectivity index (χ0) is 21.5. The van der Waals surface area contributed by atoms with Gasteiger partial charge in [-0.05, 0) is 30.5 Å². The molecule has 0 radical (unpaired) electrons. The summed E-state index contributed by atoms with van der Waals surface area (Å²) in [5, 5.41) is 5.43. The first-order valence-electron chi connectivity index (χ1n) is 9.64. The highest BCUT2D eigenvalue weighted by atomic mass is 32.1. The maximum Gasteiger partial charge on any atom is 0.339 e. The molecular formula is C22H23N3O4S. The number of benzene rings is 2. The molecule has 0 aliphatic carbocycles. The van der Waals surface area contributed by atoms with E-state index in [-0.39, 0.29) is 0 Å². The standard InChI is InChI=1S/C22H23N3O4S/c1-14(2)11-12-23-22(28)25-19(26)13-29-21(27)16-8-4-3-7-15(16)20-24-17-9-5-6-10-18(17)30-20/h3-10,14H,11-13H2,1-2H3,(H2,23,25,26,28). The third kappa shape index (κ3) is 5.64. The molecule has 2 N–H and O–H groups in total. The molecule has 2 aromatic carbocycles. The predicted octanol–water partition coefficient (Wildman–Crippen LogP) is 3.99. The molecule has 0 bridgehead atoms. The zero-order valence-electron chi connectivity index (χ0n) is 16.8. The summed E-state index contributed by atoms with van der Waals surface area (Å²) in [4.78, 5) is 40.7. The van der Waals surface area contributed by atoms with Crippen LogP contribution in [0.4, 0.5) is 4.79 Å². The average Bonchev–Trinajstić information content (AvgIpc) is 3.16. The van der Waals surface area contributed by atoms with Crippen molar-refractivity contribution in [3.63, 3.8) is 0 Å². The van der Waals surface area contributed by atoms with Gasteiger partial charge in [0.2, 0.25) is 0 Å². The SMILES string of the molecule is CC(C)CCNC(=O)NC(=O)COC(=O)c1ccccc1-c1nc2ccccc2s1. The van der Waals surface area contributed by atoms with E-state index < -0.39 is 24.5 Å². The lowest BCUT2D eigenvalue weighted by Crippen LogP contribution is -2.42. The molecule has 1 aromatic heterocycles. The number of aromatic nitrogens is 1. The minimum Gasteiger partial charge on any atom is -0.452 e. The summed E-state index contributed by atoms with van der Waals surface area (Å²) in [6.45, 7) is 3.99. The Morgan fingerprint density at radius 3 is 2.57 bits per heavy atom. The molecule has 3 amide bonds. The Balaban J connectivity index is 1.61. The monoisotopic (exact) mass is 425 g/mol. The number of rotatable bonds is 7. The molecule has 0 saturated carbocycles. The summed E-state index contributed by atoms with van der Waals surface area (Å²) in [6.07, 6.45) is 0.805. The van der Waals surface area contributed by atoms with Crippen molar-refractivity contribution < 1.29 is 19.1 Å². The van der Waals surface area contributed by atoms with Crippen LogP contribution in [-0.2, 0) is 9.53 Å².